The van der Waals surface area contributed by atoms with Gasteiger partial charge in [-0.25, -0.2) is 4.39 Å². The number of benzene rings is 1. The topological polar surface area (TPSA) is 81.2 Å². The summed E-state index contributed by atoms with van der Waals surface area (Å²) in [6.07, 6.45) is 0. The van der Waals surface area contributed by atoms with Crippen molar-refractivity contribution < 1.29 is 13.7 Å². The molecule has 118 valence electrons. The maximum Gasteiger partial charge on any atom is 0.259 e. The monoisotopic (exact) mass is 331 g/mol. The predicted molar refractivity (Wildman–Crippen MR) is 86.5 cm³/mol. The third-order valence-corrected chi connectivity index (χ3v) is 4.39. The van der Waals surface area contributed by atoms with Crippen molar-refractivity contribution in [1.29, 1.82) is 0 Å². The van der Waals surface area contributed by atoms with Crippen molar-refractivity contribution in [1.82, 2.24) is 10.5 Å². The average molecular weight is 331 g/mol. The van der Waals surface area contributed by atoms with Gasteiger partial charge in [-0.05, 0) is 41.6 Å². The summed E-state index contributed by atoms with van der Waals surface area (Å²) in [5, 5.41) is 8.52. The number of hydrogen-bond donors (Lipinski definition) is 2. The van der Waals surface area contributed by atoms with Gasteiger partial charge in [0.2, 0.25) is 5.88 Å². The first kappa shape index (κ1) is 15.2. The van der Waals surface area contributed by atoms with Gasteiger partial charge in [-0.2, -0.15) is 0 Å². The lowest BCUT2D eigenvalue weighted by Crippen LogP contribution is -2.23. The number of aromatic nitrogens is 1. The van der Waals surface area contributed by atoms with E-state index in [-0.39, 0.29) is 23.8 Å². The number of nitrogens with zero attached hydrogens (tertiary/aromatic N) is 1. The lowest BCUT2D eigenvalue weighted by Gasteiger charge is -2.06. The number of carbonyl (C=O) groups is 1. The van der Waals surface area contributed by atoms with E-state index in [1.165, 1.54) is 23.5 Å². The van der Waals surface area contributed by atoms with Crippen molar-refractivity contribution in [2.75, 3.05) is 5.73 Å². The Kier molecular flexibility index (Phi) is 4.12. The molecule has 3 N–H and O–H groups in total. The highest BCUT2D eigenvalue weighted by Crippen LogP contribution is 2.33. The standard InChI is InChI=1S/C16H14FN3O2S/c1-9-5-6-23-14(9)13-12(15(18)22-20-13)16(21)19-8-10-3-2-4-11(17)7-10/h2-7H,8,18H2,1H3,(H,19,21). The van der Waals surface area contributed by atoms with Crippen LogP contribution in [0.3, 0.4) is 0 Å². The van der Waals surface area contributed by atoms with Gasteiger partial charge in [-0.3, -0.25) is 4.79 Å². The lowest BCUT2D eigenvalue weighted by atomic mass is 10.1. The van der Waals surface area contributed by atoms with E-state index >= 15 is 0 Å². The lowest BCUT2D eigenvalue weighted by molar-refractivity contribution is 0.0952. The molecule has 23 heavy (non-hydrogen) atoms. The largest absolute Gasteiger partial charge is 0.367 e. The van der Waals surface area contributed by atoms with Crippen LogP contribution in [0.25, 0.3) is 10.6 Å². The molecule has 0 spiro atoms. The van der Waals surface area contributed by atoms with Crippen LogP contribution >= 0.6 is 11.3 Å². The van der Waals surface area contributed by atoms with E-state index in [9.17, 15) is 9.18 Å². The summed E-state index contributed by atoms with van der Waals surface area (Å²) in [6, 6.07) is 7.96. The van der Waals surface area contributed by atoms with Crippen LogP contribution in [-0.4, -0.2) is 11.1 Å². The third-order valence-electron chi connectivity index (χ3n) is 3.36. The molecule has 5 nitrogen and oxygen atoms in total. The predicted octanol–water partition coefficient (Wildman–Crippen LogP) is 3.36. The quantitative estimate of drug-likeness (QED) is 0.768. The van der Waals surface area contributed by atoms with E-state index < -0.39 is 5.91 Å². The van der Waals surface area contributed by atoms with E-state index in [1.54, 1.807) is 12.1 Å². The van der Waals surface area contributed by atoms with Crippen LogP contribution in [0.2, 0.25) is 0 Å². The molecule has 2 heterocycles. The second-order valence-electron chi connectivity index (χ2n) is 5.02. The highest BCUT2D eigenvalue weighted by atomic mass is 32.1. The molecule has 3 rings (SSSR count). The van der Waals surface area contributed by atoms with Crippen LogP contribution < -0.4 is 11.1 Å². The summed E-state index contributed by atoms with van der Waals surface area (Å²) in [4.78, 5) is 13.3. The molecule has 0 bridgehead atoms. The molecule has 2 aromatic heterocycles. The molecule has 0 fully saturated rings. The second-order valence-corrected chi connectivity index (χ2v) is 5.93. The van der Waals surface area contributed by atoms with E-state index in [0.717, 1.165) is 10.4 Å². The van der Waals surface area contributed by atoms with Crippen molar-refractivity contribution in [3.8, 4) is 10.6 Å². The molecular formula is C16H14FN3O2S. The highest BCUT2D eigenvalue weighted by Gasteiger charge is 2.24. The van der Waals surface area contributed by atoms with Gasteiger partial charge in [0.1, 0.15) is 17.1 Å². The van der Waals surface area contributed by atoms with Crippen molar-refractivity contribution in [2.24, 2.45) is 0 Å². The number of nitrogens with one attached hydrogen (secondary N) is 1. The Morgan fingerprint density at radius 2 is 2.26 bits per heavy atom. The van der Waals surface area contributed by atoms with Crippen LogP contribution in [0.4, 0.5) is 10.3 Å². The van der Waals surface area contributed by atoms with Gasteiger partial charge in [0.05, 0.1) is 4.88 Å². The molecule has 1 aromatic carbocycles. The van der Waals surface area contributed by atoms with Crippen LogP contribution in [0.15, 0.2) is 40.2 Å². The Balaban J connectivity index is 1.83. The molecule has 1 amide bonds. The third kappa shape index (κ3) is 3.09. The van der Waals surface area contributed by atoms with Crippen LogP contribution in [-0.2, 0) is 6.54 Å². The number of amides is 1. The number of rotatable bonds is 4. The Hall–Kier alpha value is -2.67. The number of halogens is 1. The van der Waals surface area contributed by atoms with Crippen LogP contribution in [0, 0.1) is 12.7 Å². The number of nitrogen functional groups attached to an aromatic ring is 1. The van der Waals surface area contributed by atoms with E-state index in [4.69, 9.17) is 10.3 Å². The number of anilines is 1. The number of aryl methyl sites for hydroxylation is 1. The summed E-state index contributed by atoms with van der Waals surface area (Å²) in [6.45, 7) is 2.11. The van der Waals surface area contributed by atoms with Gasteiger partial charge >= 0.3 is 0 Å². The molecule has 0 aliphatic heterocycles. The highest BCUT2D eigenvalue weighted by molar-refractivity contribution is 7.13. The van der Waals surface area contributed by atoms with E-state index in [1.807, 2.05) is 18.4 Å². The van der Waals surface area contributed by atoms with Gasteiger partial charge in [-0.15, -0.1) is 11.3 Å². The van der Waals surface area contributed by atoms with Crippen LogP contribution in [0.1, 0.15) is 21.5 Å². The molecular weight excluding hydrogens is 317 g/mol. The minimum atomic E-state index is -0.407. The minimum absolute atomic E-state index is 0.0375. The molecule has 0 atom stereocenters. The summed E-state index contributed by atoms with van der Waals surface area (Å²) in [5.74, 6) is -0.795. The molecule has 0 aliphatic carbocycles. The average Bonchev–Trinajstić information content (AvgIpc) is 3.10. The van der Waals surface area contributed by atoms with E-state index in [2.05, 4.69) is 10.5 Å². The molecule has 0 unspecified atom stereocenters. The first-order valence-corrected chi connectivity index (χ1v) is 7.76. The van der Waals surface area contributed by atoms with Gasteiger partial charge < -0.3 is 15.6 Å². The number of carbonyl (C=O) groups excluding carboxylic acids is 1. The fraction of sp³-hybridized carbons (Fsp3) is 0.125. The summed E-state index contributed by atoms with van der Waals surface area (Å²) < 4.78 is 18.1. The second kappa shape index (κ2) is 6.21. The Morgan fingerprint density at radius 1 is 1.43 bits per heavy atom. The maximum atomic E-state index is 13.2. The van der Waals surface area contributed by atoms with Gasteiger partial charge in [0.15, 0.2) is 0 Å². The van der Waals surface area contributed by atoms with Crippen molar-refractivity contribution in [2.45, 2.75) is 13.5 Å². The van der Waals surface area contributed by atoms with Crippen molar-refractivity contribution in [3.63, 3.8) is 0 Å². The normalized spacial score (nSPS) is 10.7. The Morgan fingerprint density at radius 3 is 2.96 bits per heavy atom. The molecule has 0 radical (unpaired) electrons. The zero-order valence-corrected chi connectivity index (χ0v) is 13.1. The maximum absolute atomic E-state index is 13.2. The van der Waals surface area contributed by atoms with Crippen molar-refractivity contribution in [3.05, 3.63) is 58.2 Å². The summed E-state index contributed by atoms with van der Waals surface area (Å²) in [5.41, 5.74) is 8.01. The zero-order valence-electron chi connectivity index (χ0n) is 12.3. The minimum Gasteiger partial charge on any atom is -0.367 e. The molecule has 3 aromatic rings. The fourth-order valence-corrected chi connectivity index (χ4v) is 3.12. The summed E-state index contributed by atoms with van der Waals surface area (Å²) >= 11 is 1.46. The smallest absolute Gasteiger partial charge is 0.259 e. The van der Waals surface area contributed by atoms with Gasteiger partial charge in [-0.1, -0.05) is 17.3 Å². The summed E-state index contributed by atoms with van der Waals surface area (Å²) in [7, 11) is 0. The molecule has 0 saturated heterocycles. The van der Waals surface area contributed by atoms with Gasteiger partial charge in [0, 0.05) is 6.54 Å². The first-order chi connectivity index (χ1) is 11.1. The SMILES string of the molecule is Cc1ccsc1-c1noc(N)c1C(=O)NCc1cccc(F)c1. The molecule has 0 saturated carbocycles. The number of nitrogens with two attached hydrogens (primary N) is 1. The number of hydrogen-bond acceptors (Lipinski definition) is 5. The van der Waals surface area contributed by atoms with Crippen LogP contribution in [0.5, 0.6) is 0 Å². The molecule has 0 aliphatic rings. The first-order valence-electron chi connectivity index (χ1n) is 6.88. The fourth-order valence-electron chi connectivity index (χ4n) is 2.21. The zero-order chi connectivity index (χ0) is 16.4. The number of thiophene rings is 1. The molecule has 7 heteroatoms. The van der Waals surface area contributed by atoms with Gasteiger partial charge in [0.25, 0.3) is 5.91 Å². The Labute approximate surface area is 135 Å². The van der Waals surface area contributed by atoms with Crippen molar-refractivity contribution >= 4 is 23.1 Å². The Bertz CT molecular complexity index is 857. The van der Waals surface area contributed by atoms with E-state index in [0.29, 0.717) is 11.3 Å².